The highest BCUT2D eigenvalue weighted by Crippen LogP contribution is 2.28. The molecule has 1 fully saturated rings. The average Bonchev–Trinajstić information content (AvgIpc) is 2.67. The van der Waals surface area contributed by atoms with Crippen LogP contribution >= 0.6 is 11.6 Å². The van der Waals surface area contributed by atoms with Crippen molar-refractivity contribution >= 4 is 29.3 Å². The summed E-state index contributed by atoms with van der Waals surface area (Å²) in [7, 11) is 1.68. The second-order valence-electron chi connectivity index (χ2n) is 5.87. The van der Waals surface area contributed by atoms with E-state index in [2.05, 4.69) is 11.0 Å². The van der Waals surface area contributed by atoms with Gasteiger partial charge in [-0.2, -0.15) is 0 Å². The Labute approximate surface area is 153 Å². The number of benzene rings is 2. The second-order valence-corrected chi connectivity index (χ2v) is 6.31. The number of nitrogens with zero attached hydrogens (tertiary/aromatic N) is 2. The van der Waals surface area contributed by atoms with Gasteiger partial charge in [0.25, 0.3) is 0 Å². The summed E-state index contributed by atoms with van der Waals surface area (Å²) in [4.78, 5) is 16.5. The Morgan fingerprint density at radius 1 is 1.04 bits per heavy atom. The molecule has 130 valence electrons. The molecule has 0 aliphatic carbocycles. The van der Waals surface area contributed by atoms with E-state index in [-0.39, 0.29) is 5.91 Å². The molecule has 0 saturated carbocycles. The lowest BCUT2D eigenvalue weighted by atomic mass is 10.2. The lowest BCUT2D eigenvalue weighted by Crippen LogP contribution is -2.48. The molecule has 0 aromatic heterocycles. The first-order chi connectivity index (χ1) is 12.2. The number of halogens is 1. The maximum atomic E-state index is 12.4. The average molecular weight is 357 g/mol. The minimum absolute atomic E-state index is 0.0367. The molecule has 0 atom stereocenters. The smallest absolute Gasteiger partial charge is 0.246 e. The van der Waals surface area contributed by atoms with E-state index in [4.69, 9.17) is 16.3 Å². The minimum atomic E-state index is 0.0367. The fourth-order valence-corrected chi connectivity index (χ4v) is 3.03. The highest BCUT2D eigenvalue weighted by atomic mass is 35.5. The molecule has 4 nitrogen and oxygen atoms in total. The molecule has 3 rings (SSSR count). The van der Waals surface area contributed by atoms with Crippen LogP contribution in [0.15, 0.2) is 54.6 Å². The summed E-state index contributed by atoms with van der Waals surface area (Å²) < 4.78 is 5.43. The topological polar surface area (TPSA) is 32.8 Å². The van der Waals surface area contributed by atoms with E-state index < -0.39 is 0 Å². The highest BCUT2D eigenvalue weighted by Gasteiger charge is 2.21. The van der Waals surface area contributed by atoms with Crippen LogP contribution in [-0.4, -0.2) is 44.1 Å². The van der Waals surface area contributed by atoms with E-state index in [0.29, 0.717) is 18.1 Å². The molecule has 25 heavy (non-hydrogen) atoms. The second kappa shape index (κ2) is 8.08. The first-order valence-electron chi connectivity index (χ1n) is 8.28. The van der Waals surface area contributed by atoms with Gasteiger partial charge in [0.1, 0.15) is 5.75 Å². The van der Waals surface area contributed by atoms with Crippen LogP contribution in [0.4, 0.5) is 5.69 Å². The van der Waals surface area contributed by atoms with Crippen molar-refractivity contribution in [3.8, 4) is 5.75 Å². The summed E-state index contributed by atoms with van der Waals surface area (Å²) in [6.45, 7) is 2.98. The number of carbonyl (C=O) groups is 1. The van der Waals surface area contributed by atoms with Gasteiger partial charge in [-0.05, 0) is 35.9 Å². The lowest BCUT2D eigenvalue weighted by molar-refractivity contribution is -0.126. The number of methoxy groups -OCH3 is 1. The van der Waals surface area contributed by atoms with Crippen LogP contribution in [0.25, 0.3) is 6.08 Å². The SMILES string of the molecule is COc1ccccc1N1CCN(C(=O)/C=C/c2ccc(Cl)cc2)CC1. The summed E-state index contributed by atoms with van der Waals surface area (Å²) in [5.41, 5.74) is 2.04. The van der Waals surface area contributed by atoms with Crippen LogP contribution in [0.1, 0.15) is 5.56 Å². The summed E-state index contributed by atoms with van der Waals surface area (Å²) in [6, 6.07) is 15.4. The van der Waals surface area contributed by atoms with E-state index in [1.807, 2.05) is 53.4 Å². The number of para-hydroxylation sites is 2. The molecule has 2 aromatic carbocycles. The molecule has 0 spiro atoms. The number of carbonyl (C=O) groups excluding carboxylic acids is 1. The van der Waals surface area contributed by atoms with Crippen LogP contribution < -0.4 is 9.64 Å². The monoisotopic (exact) mass is 356 g/mol. The van der Waals surface area contributed by atoms with Crippen molar-refractivity contribution < 1.29 is 9.53 Å². The van der Waals surface area contributed by atoms with Gasteiger partial charge in [0.05, 0.1) is 12.8 Å². The molecule has 1 heterocycles. The van der Waals surface area contributed by atoms with Crippen LogP contribution in [-0.2, 0) is 4.79 Å². The van der Waals surface area contributed by atoms with Crippen LogP contribution in [0.5, 0.6) is 5.75 Å². The normalized spacial score (nSPS) is 14.8. The van der Waals surface area contributed by atoms with Gasteiger partial charge in [0.15, 0.2) is 0 Å². The quantitative estimate of drug-likeness (QED) is 0.783. The largest absolute Gasteiger partial charge is 0.495 e. The molecule has 2 aromatic rings. The Kier molecular flexibility index (Phi) is 5.61. The van der Waals surface area contributed by atoms with E-state index in [0.717, 1.165) is 30.1 Å². The number of rotatable bonds is 4. The van der Waals surface area contributed by atoms with Crippen LogP contribution in [0, 0.1) is 0 Å². The maximum absolute atomic E-state index is 12.4. The van der Waals surface area contributed by atoms with Gasteiger partial charge < -0.3 is 14.5 Å². The van der Waals surface area contributed by atoms with Crippen molar-refractivity contribution in [1.29, 1.82) is 0 Å². The standard InChI is InChI=1S/C20H21ClN2O2/c1-25-19-5-3-2-4-18(19)22-12-14-23(15-13-22)20(24)11-8-16-6-9-17(21)10-7-16/h2-11H,12-15H2,1H3/b11-8+. The zero-order chi connectivity index (χ0) is 17.6. The molecule has 0 radical (unpaired) electrons. The first kappa shape index (κ1) is 17.4. The van der Waals surface area contributed by atoms with E-state index in [1.165, 1.54) is 0 Å². The molecule has 0 bridgehead atoms. The number of hydrogen-bond acceptors (Lipinski definition) is 3. The van der Waals surface area contributed by atoms with E-state index in [9.17, 15) is 4.79 Å². The summed E-state index contributed by atoms with van der Waals surface area (Å²) in [5.74, 6) is 0.902. The zero-order valence-electron chi connectivity index (χ0n) is 14.2. The Balaban J connectivity index is 1.58. The van der Waals surface area contributed by atoms with Crippen molar-refractivity contribution in [1.82, 2.24) is 4.90 Å². The first-order valence-corrected chi connectivity index (χ1v) is 8.65. The number of anilines is 1. The predicted octanol–water partition coefficient (Wildman–Crippen LogP) is 3.71. The van der Waals surface area contributed by atoms with E-state index in [1.54, 1.807) is 13.2 Å². The van der Waals surface area contributed by atoms with Gasteiger partial charge in [-0.3, -0.25) is 4.79 Å². The van der Waals surface area contributed by atoms with Crippen molar-refractivity contribution in [2.75, 3.05) is 38.2 Å². The maximum Gasteiger partial charge on any atom is 0.246 e. The fraction of sp³-hybridized carbons (Fsp3) is 0.250. The van der Waals surface area contributed by atoms with Crippen LogP contribution in [0.2, 0.25) is 5.02 Å². The van der Waals surface area contributed by atoms with Gasteiger partial charge in [-0.15, -0.1) is 0 Å². The molecule has 1 amide bonds. The van der Waals surface area contributed by atoms with Gasteiger partial charge >= 0.3 is 0 Å². The van der Waals surface area contributed by atoms with Crippen molar-refractivity contribution in [3.05, 3.63) is 65.2 Å². The zero-order valence-corrected chi connectivity index (χ0v) is 14.9. The molecule has 1 aliphatic heterocycles. The number of hydrogen-bond donors (Lipinski definition) is 0. The molecular weight excluding hydrogens is 336 g/mol. The highest BCUT2D eigenvalue weighted by molar-refractivity contribution is 6.30. The Morgan fingerprint density at radius 3 is 2.40 bits per heavy atom. The number of ether oxygens (including phenoxy) is 1. The fourth-order valence-electron chi connectivity index (χ4n) is 2.91. The van der Waals surface area contributed by atoms with Crippen molar-refractivity contribution in [3.63, 3.8) is 0 Å². The Bertz CT molecular complexity index is 751. The van der Waals surface area contributed by atoms with Crippen molar-refractivity contribution in [2.24, 2.45) is 0 Å². The minimum Gasteiger partial charge on any atom is -0.495 e. The van der Waals surface area contributed by atoms with E-state index >= 15 is 0 Å². The molecular formula is C20H21ClN2O2. The predicted molar refractivity (Wildman–Crippen MR) is 102 cm³/mol. The molecule has 5 heteroatoms. The number of amides is 1. The van der Waals surface area contributed by atoms with Gasteiger partial charge in [-0.25, -0.2) is 0 Å². The third-order valence-electron chi connectivity index (χ3n) is 4.31. The third-order valence-corrected chi connectivity index (χ3v) is 4.56. The lowest BCUT2D eigenvalue weighted by Gasteiger charge is -2.36. The Morgan fingerprint density at radius 2 is 1.72 bits per heavy atom. The Hall–Kier alpha value is -2.46. The van der Waals surface area contributed by atoms with Crippen LogP contribution in [0.3, 0.4) is 0 Å². The molecule has 1 aliphatic rings. The summed E-state index contributed by atoms with van der Waals surface area (Å²) in [6.07, 6.45) is 3.45. The van der Waals surface area contributed by atoms with Gasteiger partial charge in [0.2, 0.25) is 5.91 Å². The van der Waals surface area contributed by atoms with Gasteiger partial charge in [-0.1, -0.05) is 35.9 Å². The summed E-state index contributed by atoms with van der Waals surface area (Å²) in [5, 5.41) is 0.691. The third kappa shape index (κ3) is 4.34. The summed E-state index contributed by atoms with van der Waals surface area (Å²) >= 11 is 5.87. The molecule has 0 unspecified atom stereocenters. The molecule has 1 saturated heterocycles. The van der Waals surface area contributed by atoms with Gasteiger partial charge in [0, 0.05) is 37.3 Å². The molecule has 0 N–H and O–H groups in total. The van der Waals surface area contributed by atoms with Crippen molar-refractivity contribution in [2.45, 2.75) is 0 Å². The number of piperazine rings is 1.